The molecule has 176 valence electrons. The zero-order valence-electron chi connectivity index (χ0n) is 18.7. The fourth-order valence-electron chi connectivity index (χ4n) is 3.96. The highest BCUT2D eigenvalue weighted by molar-refractivity contribution is 6.42. The number of benzene rings is 3. The lowest BCUT2D eigenvalue weighted by atomic mass is 9.95. The highest BCUT2D eigenvalue weighted by Crippen LogP contribution is 2.36. The van der Waals surface area contributed by atoms with Crippen LogP contribution in [0.4, 0.5) is 11.6 Å². The summed E-state index contributed by atoms with van der Waals surface area (Å²) >= 11 is 12.1. The Morgan fingerprint density at radius 2 is 1.83 bits per heavy atom. The highest BCUT2D eigenvalue weighted by atomic mass is 35.5. The number of anilines is 2. The maximum Gasteiger partial charge on any atom is 0.255 e. The highest BCUT2D eigenvalue weighted by Gasteiger charge is 2.33. The molecule has 1 amide bonds. The van der Waals surface area contributed by atoms with Crippen LogP contribution in [0.5, 0.6) is 5.75 Å². The molecule has 5 rings (SSSR count). The lowest BCUT2D eigenvalue weighted by Gasteiger charge is -2.28. The number of hydrogen-bond donors (Lipinski definition) is 2. The van der Waals surface area contributed by atoms with Crippen molar-refractivity contribution < 1.29 is 9.53 Å². The van der Waals surface area contributed by atoms with Crippen LogP contribution in [0.25, 0.3) is 0 Å². The Bertz CT molecular complexity index is 1400. The molecule has 2 heterocycles. The van der Waals surface area contributed by atoms with Gasteiger partial charge in [-0.15, -0.1) is 0 Å². The Morgan fingerprint density at radius 3 is 2.57 bits per heavy atom. The summed E-state index contributed by atoms with van der Waals surface area (Å²) in [4.78, 5) is 17.6. The topological polar surface area (TPSA) is 81.1 Å². The molecule has 3 aromatic carbocycles. The van der Waals surface area contributed by atoms with E-state index < -0.39 is 6.04 Å². The van der Waals surface area contributed by atoms with Gasteiger partial charge in [0.2, 0.25) is 5.95 Å². The Kier molecular flexibility index (Phi) is 6.44. The molecule has 2 N–H and O–H groups in total. The van der Waals surface area contributed by atoms with E-state index in [0.29, 0.717) is 45.3 Å². The number of para-hydroxylation sites is 1. The molecule has 1 aromatic heterocycles. The molecule has 1 aliphatic heterocycles. The van der Waals surface area contributed by atoms with Gasteiger partial charge in [0.1, 0.15) is 24.7 Å². The van der Waals surface area contributed by atoms with Gasteiger partial charge in [0.15, 0.2) is 0 Å². The van der Waals surface area contributed by atoms with Gasteiger partial charge in [-0.25, -0.2) is 4.68 Å². The van der Waals surface area contributed by atoms with Crippen LogP contribution in [0, 0.1) is 0 Å². The van der Waals surface area contributed by atoms with Gasteiger partial charge < -0.3 is 15.4 Å². The van der Waals surface area contributed by atoms with Crippen molar-refractivity contribution in [3.8, 4) is 5.75 Å². The van der Waals surface area contributed by atoms with Crippen LogP contribution < -0.4 is 15.4 Å². The molecule has 7 nitrogen and oxygen atoms in total. The zero-order chi connectivity index (χ0) is 24.4. The number of rotatable bonds is 6. The predicted octanol–water partition coefficient (Wildman–Crippen LogP) is 6.09. The van der Waals surface area contributed by atoms with Crippen LogP contribution in [-0.4, -0.2) is 20.7 Å². The number of hydrogen-bond acceptors (Lipinski definition) is 5. The van der Waals surface area contributed by atoms with Gasteiger partial charge in [0.05, 0.1) is 15.6 Å². The van der Waals surface area contributed by atoms with E-state index in [2.05, 4.69) is 20.7 Å². The number of ether oxygens (including phenoxy) is 1. The summed E-state index contributed by atoms with van der Waals surface area (Å²) in [6.07, 6.45) is 1.47. The minimum atomic E-state index is -0.457. The van der Waals surface area contributed by atoms with Gasteiger partial charge in [0.25, 0.3) is 5.91 Å². The van der Waals surface area contributed by atoms with E-state index in [-0.39, 0.29) is 5.91 Å². The van der Waals surface area contributed by atoms with Crippen LogP contribution >= 0.6 is 23.2 Å². The minimum absolute atomic E-state index is 0.215. The van der Waals surface area contributed by atoms with E-state index in [4.69, 9.17) is 27.9 Å². The van der Waals surface area contributed by atoms with Gasteiger partial charge in [-0.2, -0.15) is 10.1 Å². The standard InChI is InChI=1S/C26H21Cl2N5O2/c1-16-23(25(34)32-19-5-3-2-4-6-19)24(33-26(31-16)29-15-30-33)18-8-10-20(11-9-18)35-14-17-7-12-21(27)22(28)13-17/h2-13,15,24H,14H2,1H3,(H,32,34)(H,29,30,31)/t24-/m0/s1. The first-order valence-electron chi connectivity index (χ1n) is 10.9. The van der Waals surface area contributed by atoms with Crippen molar-refractivity contribution in [1.29, 1.82) is 0 Å². The average molecular weight is 506 g/mol. The number of aromatic nitrogens is 3. The van der Waals surface area contributed by atoms with E-state index in [0.717, 1.165) is 11.1 Å². The summed E-state index contributed by atoms with van der Waals surface area (Å²) < 4.78 is 7.62. The Morgan fingerprint density at radius 1 is 1.06 bits per heavy atom. The second-order valence-electron chi connectivity index (χ2n) is 8.02. The molecule has 0 unspecified atom stereocenters. The molecule has 0 aliphatic carbocycles. The van der Waals surface area contributed by atoms with Crippen LogP contribution in [0.1, 0.15) is 24.1 Å². The third-order valence-corrected chi connectivity index (χ3v) is 6.40. The maximum atomic E-state index is 13.4. The van der Waals surface area contributed by atoms with E-state index in [1.165, 1.54) is 6.33 Å². The third kappa shape index (κ3) is 4.87. The van der Waals surface area contributed by atoms with Gasteiger partial charge >= 0.3 is 0 Å². The number of fused-ring (bicyclic) bond motifs is 1. The molecular weight excluding hydrogens is 485 g/mol. The quantitative estimate of drug-likeness (QED) is 0.331. The number of carbonyl (C=O) groups excluding carboxylic acids is 1. The molecule has 1 atom stereocenters. The van der Waals surface area contributed by atoms with E-state index in [1.807, 2.05) is 67.6 Å². The van der Waals surface area contributed by atoms with Crippen molar-refractivity contribution in [3.63, 3.8) is 0 Å². The Balaban J connectivity index is 1.40. The molecule has 1 aliphatic rings. The van der Waals surface area contributed by atoms with Crippen LogP contribution in [0.2, 0.25) is 10.0 Å². The zero-order valence-corrected chi connectivity index (χ0v) is 20.2. The first kappa shape index (κ1) is 23.0. The Hall–Kier alpha value is -3.81. The second kappa shape index (κ2) is 9.82. The SMILES string of the molecule is CC1=C(C(=O)Nc2ccccc2)[C@H](c2ccc(OCc3ccc(Cl)c(Cl)c3)cc2)n2ncnc2N1. The number of allylic oxidation sites excluding steroid dienone is 1. The van der Waals surface area contributed by atoms with E-state index >= 15 is 0 Å². The van der Waals surface area contributed by atoms with Crippen molar-refractivity contribution in [2.24, 2.45) is 0 Å². The molecule has 0 saturated heterocycles. The molecule has 0 spiro atoms. The molecule has 9 heteroatoms. The molecule has 4 aromatic rings. The summed E-state index contributed by atoms with van der Waals surface area (Å²) in [5.74, 6) is 1.04. The smallest absolute Gasteiger partial charge is 0.255 e. The van der Waals surface area contributed by atoms with Crippen molar-refractivity contribution in [2.45, 2.75) is 19.6 Å². The minimum Gasteiger partial charge on any atom is -0.489 e. The average Bonchev–Trinajstić information content (AvgIpc) is 3.33. The summed E-state index contributed by atoms with van der Waals surface area (Å²) in [5, 5.41) is 11.5. The summed E-state index contributed by atoms with van der Waals surface area (Å²) in [7, 11) is 0. The molecule has 0 bridgehead atoms. The lowest BCUT2D eigenvalue weighted by molar-refractivity contribution is -0.113. The van der Waals surface area contributed by atoms with Crippen LogP contribution in [0.15, 0.2) is 90.4 Å². The van der Waals surface area contributed by atoms with E-state index in [1.54, 1.807) is 16.8 Å². The molecule has 35 heavy (non-hydrogen) atoms. The number of amides is 1. The van der Waals surface area contributed by atoms with E-state index in [9.17, 15) is 4.79 Å². The van der Waals surface area contributed by atoms with Crippen LogP contribution in [0.3, 0.4) is 0 Å². The summed E-state index contributed by atoms with van der Waals surface area (Å²) in [6, 6.07) is 21.9. The normalized spacial score (nSPS) is 14.8. The Labute approximate surface area is 212 Å². The lowest BCUT2D eigenvalue weighted by Crippen LogP contribution is -2.31. The van der Waals surface area contributed by atoms with Crippen LogP contribution in [-0.2, 0) is 11.4 Å². The third-order valence-electron chi connectivity index (χ3n) is 5.66. The fourth-order valence-corrected chi connectivity index (χ4v) is 4.28. The second-order valence-corrected chi connectivity index (χ2v) is 8.84. The van der Waals surface area contributed by atoms with Crippen molar-refractivity contribution in [3.05, 3.63) is 112 Å². The van der Waals surface area contributed by atoms with Gasteiger partial charge in [0, 0.05) is 11.4 Å². The van der Waals surface area contributed by atoms with Crippen molar-refractivity contribution in [1.82, 2.24) is 14.8 Å². The molecular formula is C26H21Cl2N5O2. The maximum absolute atomic E-state index is 13.4. The first-order valence-corrected chi connectivity index (χ1v) is 11.7. The largest absolute Gasteiger partial charge is 0.489 e. The van der Waals surface area contributed by atoms with Crippen molar-refractivity contribution >= 4 is 40.7 Å². The number of nitrogens with zero attached hydrogens (tertiary/aromatic N) is 3. The number of carbonyl (C=O) groups is 1. The van der Waals surface area contributed by atoms with Gasteiger partial charge in [-0.05, 0) is 54.4 Å². The van der Waals surface area contributed by atoms with Crippen molar-refractivity contribution in [2.75, 3.05) is 10.6 Å². The monoisotopic (exact) mass is 505 g/mol. The predicted molar refractivity (Wildman–Crippen MR) is 137 cm³/mol. The molecule has 0 radical (unpaired) electrons. The number of nitrogens with one attached hydrogen (secondary N) is 2. The molecule has 0 fully saturated rings. The first-order chi connectivity index (χ1) is 17.0. The van der Waals surface area contributed by atoms with Gasteiger partial charge in [-0.1, -0.05) is 59.6 Å². The number of halogens is 2. The molecule has 0 saturated carbocycles. The summed E-state index contributed by atoms with van der Waals surface area (Å²) in [5.41, 5.74) is 3.76. The van der Waals surface area contributed by atoms with Gasteiger partial charge in [-0.3, -0.25) is 4.79 Å². The summed E-state index contributed by atoms with van der Waals surface area (Å²) in [6.45, 7) is 2.21. The fraction of sp³-hybridized carbons (Fsp3) is 0.115.